The van der Waals surface area contributed by atoms with Crippen LogP contribution in [-0.2, 0) is 14.3 Å². The Morgan fingerprint density at radius 1 is 1.10 bits per heavy atom. The van der Waals surface area contributed by atoms with Gasteiger partial charge in [-0.2, -0.15) is 0 Å². The second-order valence-corrected chi connectivity index (χ2v) is 9.03. The Morgan fingerprint density at radius 3 is 2.47 bits per heavy atom. The molecule has 156 valence electrons. The molecule has 0 N–H and O–H groups in total. The fraction of sp³-hybridized carbons (Fsp3) is 0.318. The fourth-order valence-electron chi connectivity index (χ4n) is 3.72. The minimum Gasteiger partial charge on any atom is -0.450 e. The number of nitrogens with zero attached hydrogens (tertiary/aromatic N) is 2. The zero-order valence-electron chi connectivity index (χ0n) is 16.6. The van der Waals surface area contributed by atoms with Gasteiger partial charge in [-0.05, 0) is 43.3 Å². The van der Waals surface area contributed by atoms with Crippen LogP contribution in [0.1, 0.15) is 24.6 Å². The van der Waals surface area contributed by atoms with E-state index in [0.29, 0.717) is 43.0 Å². The Labute approximate surface area is 183 Å². The van der Waals surface area contributed by atoms with Gasteiger partial charge in [-0.1, -0.05) is 36.0 Å². The monoisotopic (exact) mass is 442 g/mol. The van der Waals surface area contributed by atoms with Crippen molar-refractivity contribution in [1.82, 2.24) is 9.80 Å². The van der Waals surface area contributed by atoms with Crippen molar-refractivity contribution in [3.8, 4) is 0 Å². The maximum atomic E-state index is 13.4. The molecule has 0 atom stereocenters. The minimum atomic E-state index is -0.340. The van der Waals surface area contributed by atoms with E-state index in [1.165, 1.54) is 28.0 Å². The number of imide groups is 1. The number of carbonyl (C=O) groups excluding carboxylic acids is 3. The molecule has 0 bridgehead atoms. The highest BCUT2D eigenvalue weighted by Crippen LogP contribution is 2.42. The molecule has 2 aromatic rings. The number of amides is 3. The SMILES string of the molecule is CCOC(=O)N1CCC(N2C(=O)C(Sc3ccccc3)=C(c3cccs3)C2=O)CC1. The Morgan fingerprint density at radius 2 is 1.83 bits per heavy atom. The van der Waals surface area contributed by atoms with Crippen molar-refractivity contribution >= 4 is 46.6 Å². The highest BCUT2D eigenvalue weighted by Gasteiger charge is 2.44. The lowest BCUT2D eigenvalue weighted by atomic mass is 10.0. The van der Waals surface area contributed by atoms with Gasteiger partial charge in [0.05, 0.1) is 17.1 Å². The summed E-state index contributed by atoms with van der Waals surface area (Å²) in [6.45, 7) is 3.04. The van der Waals surface area contributed by atoms with Crippen molar-refractivity contribution in [3.05, 3.63) is 57.6 Å². The third kappa shape index (κ3) is 4.02. The summed E-state index contributed by atoms with van der Waals surface area (Å²) in [6, 6.07) is 13.2. The summed E-state index contributed by atoms with van der Waals surface area (Å²) in [7, 11) is 0. The van der Waals surface area contributed by atoms with Crippen LogP contribution in [0.4, 0.5) is 4.79 Å². The highest BCUT2D eigenvalue weighted by molar-refractivity contribution is 8.04. The molecule has 6 nitrogen and oxygen atoms in total. The Hall–Kier alpha value is -2.58. The Balaban J connectivity index is 1.57. The molecule has 8 heteroatoms. The van der Waals surface area contributed by atoms with Crippen LogP contribution < -0.4 is 0 Å². The van der Waals surface area contributed by atoms with Gasteiger partial charge >= 0.3 is 6.09 Å². The predicted octanol–water partition coefficient (Wildman–Crippen LogP) is 4.24. The molecule has 0 aliphatic carbocycles. The number of hydrogen-bond donors (Lipinski definition) is 0. The lowest BCUT2D eigenvalue weighted by Crippen LogP contribution is -2.49. The summed E-state index contributed by atoms with van der Waals surface area (Å²) >= 11 is 2.80. The first kappa shape index (κ1) is 20.7. The van der Waals surface area contributed by atoms with Gasteiger partial charge < -0.3 is 9.64 Å². The van der Waals surface area contributed by atoms with Crippen LogP contribution in [0.3, 0.4) is 0 Å². The highest BCUT2D eigenvalue weighted by atomic mass is 32.2. The molecule has 0 spiro atoms. The summed E-state index contributed by atoms with van der Waals surface area (Å²) in [6.07, 6.45) is 0.766. The Kier molecular flexibility index (Phi) is 6.24. The maximum absolute atomic E-state index is 13.4. The fourth-order valence-corrected chi connectivity index (χ4v) is 5.56. The molecule has 2 aliphatic rings. The van der Waals surface area contributed by atoms with Gasteiger partial charge in [0.15, 0.2) is 0 Å². The number of thiophene rings is 1. The number of piperidine rings is 1. The third-order valence-electron chi connectivity index (χ3n) is 5.16. The normalized spacial score (nSPS) is 17.8. The first-order valence-electron chi connectivity index (χ1n) is 9.90. The van der Waals surface area contributed by atoms with E-state index in [9.17, 15) is 14.4 Å². The molecule has 0 saturated carbocycles. The van der Waals surface area contributed by atoms with Gasteiger partial charge in [-0.15, -0.1) is 11.3 Å². The molecule has 30 heavy (non-hydrogen) atoms. The van der Waals surface area contributed by atoms with Crippen LogP contribution in [0.25, 0.3) is 5.57 Å². The lowest BCUT2D eigenvalue weighted by Gasteiger charge is -2.35. The van der Waals surface area contributed by atoms with E-state index < -0.39 is 0 Å². The average Bonchev–Trinajstić information content (AvgIpc) is 3.36. The molecule has 1 saturated heterocycles. The average molecular weight is 443 g/mol. The summed E-state index contributed by atoms with van der Waals surface area (Å²) < 4.78 is 5.06. The van der Waals surface area contributed by atoms with Crippen LogP contribution in [0.2, 0.25) is 0 Å². The second kappa shape index (κ2) is 9.06. The van der Waals surface area contributed by atoms with Gasteiger partial charge in [0, 0.05) is 28.9 Å². The van der Waals surface area contributed by atoms with Gasteiger partial charge in [0.25, 0.3) is 11.8 Å². The number of rotatable bonds is 5. The molecular formula is C22H22N2O4S2. The number of hydrogen-bond acceptors (Lipinski definition) is 6. The van der Waals surface area contributed by atoms with Crippen LogP contribution in [0.5, 0.6) is 0 Å². The number of ether oxygens (including phenoxy) is 1. The van der Waals surface area contributed by atoms with E-state index in [1.807, 2.05) is 47.8 Å². The molecule has 0 unspecified atom stereocenters. The van der Waals surface area contributed by atoms with E-state index in [2.05, 4.69) is 0 Å². The van der Waals surface area contributed by atoms with Crippen molar-refractivity contribution in [2.24, 2.45) is 0 Å². The van der Waals surface area contributed by atoms with Crippen LogP contribution in [0, 0.1) is 0 Å². The van der Waals surface area contributed by atoms with Crippen molar-refractivity contribution in [3.63, 3.8) is 0 Å². The molecule has 2 aliphatic heterocycles. The molecule has 4 rings (SSSR count). The van der Waals surface area contributed by atoms with Crippen molar-refractivity contribution in [2.75, 3.05) is 19.7 Å². The number of thioether (sulfide) groups is 1. The zero-order chi connectivity index (χ0) is 21.1. The quantitative estimate of drug-likeness (QED) is 0.648. The van der Waals surface area contributed by atoms with Gasteiger partial charge in [0.1, 0.15) is 0 Å². The predicted molar refractivity (Wildman–Crippen MR) is 117 cm³/mol. The standard InChI is InChI=1S/C22H22N2O4S2/c1-2-28-22(27)23-12-10-15(11-13-23)24-20(25)18(17-9-6-14-29-17)19(21(24)26)30-16-7-4-3-5-8-16/h3-9,14-15H,2,10-13H2,1H3. The Bertz CT molecular complexity index is 964. The van der Waals surface area contributed by atoms with Crippen LogP contribution >= 0.6 is 23.1 Å². The van der Waals surface area contributed by atoms with Crippen molar-refractivity contribution in [2.45, 2.75) is 30.7 Å². The summed E-state index contributed by atoms with van der Waals surface area (Å²) in [4.78, 5) is 43.9. The first-order valence-corrected chi connectivity index (χ1v) is 11.6. The summed E-state index contributed by atoms with van der Waals surface area (Å²) in [5, 5.41) is 1.91. The second-order valence-electron chi connectivity index (χ2n) is 6.99. The molecule has 0 radical (unpaired) electrons. The third-order valence-corrected chi connectivity index (χ3v) is 7.14. The van der Waals surface area contributed by atoms with E-state index >= 15 is 0 Å². The molecular weight excluding hydrogens is 420 g/mol. The molecule has 1 aromatic carbocycles. The summed E-state index contributed by atoms with van der Waals surface area (Å²) in [5.74, 6) is -0.484. The summed E-state index contributed by atoms with van der Waals surface area (Å²) in [5.41, 5.74) is 0.483. The van der Waals surface area contributed by atoms with E-state index in [4.69, 9.17) is 4.74 Å². The van der Waals surface area contributed by atoms with E-state index in [-0.39, 0.29) is 23.9 Å². The number of carbonyl (C=O) groups is 3. The van der Waals surface area contributed by atoms with E-state index in [0.717, 1.165) is 9.77 Å². The lowest BCUT2D eigenvalue weighted by molar-refractivity contribution is -0.140. The minimum absolute atomic E-state index is 0.223. The van der Waals surface area contributed by atoms with Crippen LogP contribution in [0.15, 0.2) is 57.6 Å². The maximum Gasteiger partial charge on any atom is 0.409 e. The van der Waals surface area contributed by atoms with Crippen molar-refractivity contribution in [1.29, 1.82) is 0 Å². The zero-order valence-corrected chi connectivity index (χ0v) is 18.2. The first-order chi connectivity index (χ1) is 14.6. The number of benzene rings is 1. The van der Waals surface area contributed by atoms with Crippen LogP contribution in [-0.4, -0.2) is 53.4 Å². The van der Waals surface area contributed by atoms with E-state index in [1.54, 1.807) is 11.8 Å². The largest absolute Gasteiger partial charge is 0.450 e. The van der Waals surface area contributed by atoms with Gasteiger partial charge in [-0.25, -0.2) is 4.79 Å². The topological polar surface area (TPSA) is 66.9 Å². The van der Waals surface area contributed by atoms with Crippen molar-refractivity contribution < 1.29 is 19.1 Å². The smallest absolute Gasteiger partial charge is 0.409 e. The number of likely N-dealkylation sites (tertiary alicyclic amines) is 1. The van der Waals surface area contributed by atoms with Gasteiger partial charge in [0.2, 0.25) is 0 Å². The molecule has 3 amide bonds. The van der Waals surface area contributed by atoms with Gasteiger partial charge in [-0.3, -0.25) is 14.5 Å². The molecule has 1 fully saturated rings. The molecule has 3 heterocycles. The molecule has 1 aromatic heterocycles.